The van der Waals surface area contributed by atoms with Gasteiger partial charge >= 0.3 is 0 Å². The molecule has 150 valence electrons. The lowest BCUT2D eigenvalue weighted by molar-refractivity contribution is 0.0303. The predicted molar refractivity (Wildman–Crippen MR) is 118 cm³/mol. The maximum atomic E-state index is 12.7. The number of carbonyl (C=O) groups excluding carboxylic acids is 1. The van der Waals surface area contributed by atoms with E-state index in [-0.39, 0.29) is 5.91 Å². The van der Waals surface area contributed by atoms with E-state index < -0.39 is 0 Å². The summed E-state index contributed by atoms with van der Waals surface area (Å²) in [6.45, 7) is 2.50. The first-order chi connectivity index (χ1) is 14.7. The van der Waals surface area contributed by atoms with Crippen LogP contribution in [0.3, 0.4) is 0 Å². The molecule has 0 atom stereocenters. The van der Waals surface area contributed by atoms with Crippen LogP contribution in [0.1, 0.15) is 10.4 Å². The standard InChI is InChI=1S/C24H22N4O2/c25-20-6-8-21(9-7-20)28-16-26-22-10-5-19(15-23(22)28)17-1-3-18(4-2-17)24(29)27-11-13-30-14-12-27/h1-10,15-16H,11-14,25H2. The normalized spacial score (nSPS) is 14.2. The Bertz CT molecular complexity index is 1190. The number of rotatable bonds is 3. The summed E-state index contributed by atoms with van der Waals surface area (Å²) in [5.74, 6) is 0.0572. The number of carbonyl (C=O) groups is 1. The number of nitrogens with two attached hydrogens (primary N) is 1. The van der Waals surface area contributed by atoms with Crippen LogP contribution in [0.4, 0.5) is 5.69 Å². The zero-order valence-electron chi connectivity index (χ0n) is 16.5. The number of nitrogen functional groups attached to an aromatic ring is 1. The van der Waals surface area contributed by atoms with Crippen LogP contribution >= 0.6 is 0 Å². The number of imidazole rings is 1. The van der Waals surface area contributed by atoms with Crippen LogP contribution in [0, 0.1) is 0 Å². The largest absolute Gasteiger partial charge is 0.399 e. The van der Waals surface area contributed by atoms with Crippen molar-refractivity contribution in [2.75, 3.05) is 32.0 Å². The number of benzene rings is 3. The third kappa shape index (κ3) is 3.42. The summed E-state index contributed by atoms with van der Waals surface area (Å²) in [5, 5.41) is 0. The van der Waals surface area contributed by atoms with Crippen molar-refractivity contribution in [3.63, 3.8) is 0 Å². The van der Waals surface area contributed by atoms with Gasteiger partial charge in [-0.2, -0.15) is 0 Å². The van der Waals surface area contributed by atoms with E-state index in [1.54, 1.807) is 0 Å². The second-order valence-corrected chi connectivity index (χ2v) is 7.39. The molecule has 0 bridgehead atoms. The maximum Gasteiger partial charge on any atom is 0.254 e. The molecule has 1 aliphatic rings. The van der Waals surface area contributed by atoms with E-state index in [0.717, 1.165) is 33.5 Å². The van der Waals surface area contributed by atoms with Crippen LogP contribution < -0.4 is 5.73 Å². The van der Waals surface area contributed by atoms with Gasteiger partial charge in [-0.1, -0.05) is 18.2 Å². The molecule has 1 aromatic heterocycles. The van der Waals surface area contributed by atoms with E-state index in [2.05, 4.69) is 21.7 Å². The molecule has 1 amide bonds. The van der Waals surface area contributed by atoms with Crippen LogP contribution in [-0.4, -0.2) is 46.7 Å². The molecule has 1 fully saturated rings. The number of nitrogens with zero attached hydrogens (tertiary/aromatic N) is 3. The minimum Gasteiger partial charge on any atom is -0.399 e. The van der Waals surface area contributed by atoms with Gasteiger partial charge in [-0.25, -0.2) is 4.98 Å². The number of aromatic nitrogens is 2. The lowest BCUT2D eigenvalue weighted by atomic mass is 10.0. The lowest BCUT2D eigenvalue weighted by Gasteiger charge is -2.26. The Morgan fingerprint density at radius 1 is 0.900 bits per heavy atom. The van der Waals surface area contributed by atoms with Crippen LogP contribution in [-0.2, 0) is 4.74 Å². The number of hydrogen-bond donors (Lipinski definition) is 1. The van der Waals surface area contributed by atoms with Crippen molar-refractivity contribution >= 4 is 22.6 Å². The van der Waals surface area contributed by atoms with Crippen molar-refractivity contribution in [3.8, 4) is 16.8 Å². The molecule has 6 heteroatoms. The molecule has 30 heavy (non-hydrogen) atoms. The highest BCUT2D eigenvalue weighted by atomic mass is 16.5. The fraction of sp³-hybridized carbons (Fsp3) is 0.167. The number of fused-ring (bicyclic) bond motifs is 1. The average molecular weight is 398 g/mol. The van der Waals surface area contributed by atoms with Crippen molar-refractivity contribution < 1.29 is 9.53 Å². The SMILES string of the molecule is Nc1ccc(-n2cnc3ccc(-c4ccc(C(=O)N5CCOCC5)cc4)cc32)cc1. The Morgan fingerprint density at radius 2 is 1.60 bits per heavy atom. The number of hydrogen-bond acceptors (Lipinski definition) is 4. The van der Waals surface area contributed by atoms with E-state index in [9.17, 15) is 4.79 Å². The van der Waals surface area contributed by atoms with Gasteiger partial charge in [0.2, 0.25) is 0 Å². The zero-order valence-corrected chi connectivity index (χ0v) is 16.5. The summed E-state index contributed by atoms with van der Waals surface area (Å²) in [7, 11) is 0. The van der Waals surface area contributed by atoms with E-state index >= 15 is 0 Å². The number of ether oxygens (including phenoxy) is 1. The highest BCUT2D eigenvalue weighted by molar-refractivity contribution is 5.95. The molecule has 0 unspecified atom stereocenters. The van der Waals surface area contributed by atoms with Gasteiger partial charge in [-0.15, -0.1) is 0 Å². The first-order valence-electron chi connectivity index (χ1n) is 9.99. The molecule has 2 N–H and O–H groups in total. The summed E-state index contributed by atoms with van der Waals surface area (Å²) in [6, 6.07) is 21.7. The smallest absolute Gasteiger partial charge is 0.254 e. The topological polar surface area (TPSA) is 73.4 Å². The van der Waals surface area contributed by atoms with Crippen LogP contribution in [0.2, 0.25) is 0 Å². The van der Waals surface area contributed by atoms with Crippen molar-refractivity contribution in [1.29, 1.82) is 0 Å². The van der Waals surface area contributed by atoms with Gasteiger partial charge < -0.3 is 15.4 Å². The molecular formula is C24H22N4O2. The molecule has 6 nitrogen and oxygen atoms in total. The third-order valence-electron chi connectivity index (χ3n) is 5.48. The summed E-state index contributed by atoms with van der Waals surface area (Å²) >= 11 is 0. The molecule has 4 aromatic rings. The van der Waals surface area contributed by atoms with Gasteiger partial charge in [-0.05, 0) is 59.7 Å². The highest BCUT2D eigenvalue weighted by Gasteiger charge is 2.18. The molecule has 1 saturated heterocycles. The second-order valence-electron chi connectivity index (χ2n) is 7.39. The van der Waals surface area contributed by atoms with Gasteiger partial charge in [0, 0.05) is 30.0 Å². The third-order valence-corrected chi connectivity index (χ3v) is 5.48. The molecular weight excluding hydrogens is 376 g/mol. The van der Waals surface area contributed by atoms with Crippen molar-refractivity contribution in [1.82, 2.24) is 14.5 Å². The van der Waals surface area contributed by atoms with E-state index in [1.165, 1.54) is 0 Å². The van der Waals surface area contributed by atoms with Crippen LogP contribution in [0.25, 0.3) is 27.8 Å². The van der Waals surface area contributed by atoms with Crippen molar-refractivity contribution in [2.45, 2.75) is 0 Å². The molecule has 2 heterocycles. The van der Waals surface area contributed by atoms with E-state index in [4.69, 9.17) is 10.5 Å². The van der Waals surface area contributed by atoms with Crippen LogP contribution in [0.15, 0.2) is 73.1 Å². The zero-order chi connectivity index (χ0) is 20.5. The maximum absolute atomic E-state index is 12.7. The van der Waals surface area contributed by atoms with Crippen LogP contribution in [0.5, 0.6) is 0 Å². The molecule has 5 rings (SSSR count). The Balaban J connectivity index is 1.45. The Morgan fingerprint density at radius 3 is 2.33 bits per heavy atom. The molecule has 3 aromatic carbocycles. The monoisotopic (exact) mass is 398 g/mol. The Labute approximate surface area is 174 Å². The van der Waals surface area contributed by atoms with Crippen molar-refractivity contribution in [2.24, 2.45) is 0 Å². The Hall–Kier alpha value is -3.64. The summed E-state index contributed by atoms with van der Waals surface area (Å²) < 4.78 is 7.38. The number of amides is 1. The molecule has 0 radical (unpaired) electrons. The van der Waals surface area contributed by atoms with Crippen molar-refractivity contribution in [3.05, 3.63) is 78.6 Å². The lowest BCUT2D eigenvalue weighted by Crippen LogP contribution is -2.40. The fourth-order valence-electron chi connectivity index (χ4n) is 3.78. The number of anilines is 1. The molecule has 0 saturated carbocycles. The van der Waals surface area contributed by atoms with E-state index in [0.29, 0.717) is 31.9 Å². The highest BCUT2D eigenvalue weighted by Crippen LogP contribution is 2.26. The minimum absolute atomic E-state index is 0.0572. The Kier molecular flexibility index (Phi) is 4.69. The number of morpholine rings is 1. The molecule has 1 aliphatic heterocycles. The second kappa shape index (κ2) is 7.65. The van der Waals surface area contributed by atoms with Gasteiger partial charge in [0.25, 0.3) is 5.91 Å². The molecule has 0 aliphatic carbocycles. The summed E-state index contributed by atoms with van der Waals surface area (Å²) in [6.07, 6.45) is 1.82. The van der Waals surface area contributed by atoms with Gasteiger partial charge in [-0.3, -0.25) is 9.36 Å². The predicted octanol–water partition coefficient (Wildman–Crippen LogP) is 3.75. The fourth-order valence-corrected chi connectivity index (χ4v) is 3.78. The summed E-state index contributed by atoms with van der Waals surface area (Å²) in [5.41, 5.74) is 12.3. The minimum atomic E-state index is 0.0572. The average Bonchev–Trinajstić information content (AvgIpc) is 3.23. The molecule has 0 spiro atoms. The van der Waals surface area contributed by atoms with Gasteiger partial charge in [0.1, 0.15) is 6.33 Å². The van der Waals surface area contributed by atoms with E-state index in [1.807, 2.05) is 65.8 Å². The summed E-state index contributed by atoms with van der Waals surface area (Å²) in [4.78, 5) is 19.0. The first-order valence-corrected chi connectivity index (χ1v) is 9.99. The van der Waals surface area contributed by atoms with Gasteiger partial charge in [0.15, 0.2) is 0 Å². The quantitative estimate of drug-likeness (QED) is 0.534. The first kappa shape index (κ1) is 18.4. The van der Waals surface area contributed by atoms with Gasteiger partial charge in [0.05, 0.1) is 24.2 Å².